The summed E-state index contributed by atoms with van der Waals surface area (Å²) in [6.07, 6.45) is 3.49. The Hall–Kier alpha value is -1.61. The Morgan fingerprint density at radius 2 is 2.14 bits per heavy atom. The maximum atomic E-state index is 5.53. The summed E-state index contributed by atoms with van der Waals surface area (Å²) in [5.74, 6) is 0.976. The van der Waals surface area contributed by atoms with E-state index in [0.29, 0.717) is 0 Å². The molecule has 1 aliphatic heterocycles. The van der Waals surface area contributed by atoms with E-state index in [9.17, 15) is 0 Å². The van der Waals surface area contributed by atoms with Crippen LogP contribution >= 0.6 is 11.3 Å². The first kappa shape index (κ1) is 13.1. The van der Waals surface area contributed by atoms with Gasteiger partial charge in [0.1, 0.15) is 5.75 Å². The van der Waals surface area contributed by atoms with Crippen LogP contribution in [0.2, 0.25) is 0 Å². The van der Waals surface area contributed by atoms with E-state index < -0.39 is 0 Å². The minimum Gasteiger partial charge on any atom is -0.496 e. The van der Waals surface area contributed by atoms with Gasteiger partial charge in [-0.3, -0.25) is 4.99 Å². The molecule has 0 saturated heterocycles. The molecule has 1 fully saturated rings. The normalized spacial score (nSPS) is 18.9. The number of benzene rings is 1. The van der Waals surface area contributed by atoms with Crippen LogP contribution in [0.15, 0.2) is 34.0 Å². The first-order chi connectivity index (χ1) is 10.2. The highest BCUT2D eigenvalue weighted by molar-refractivity contribution is 7.08. The number of hydrogen-bond donors (Lipinski definition) is 0. The summed E-state index contributed by atoms with van der Waals surface area (Å²) >= 11 is 1.78. The number of hydrogen-bond acceptors (Lipinski definition) is 3. The lowest BCUT2D eigenvalue weighted by Crippen LogP contribution is -2.26. The number of aliphatic imine (C=N–C) groups is 1. The summed E-state index contributed by atoms with van der Waals surface area (Å²) in [5, 5.41) is 4.46. The highest BCUT2D eigenvalue weighted by Gasteiger charge is 2.50. The van der Waals surface area contributed by atoms with Crippen LogP contribution in [-0.4, -0.2) is 19.4 Å². The van der Waals surface area contributed by atoms with Crippen molar-refractivity contribution in [2.75, 3.05) is 13.7 Å². The molecule has 2 aromatic rings. The predicted octanol–water partition coefficient (Wildman–Crippen LogP) is 4.14. The van der Waals surface area contributed by atoms with Gasteiger partial charge in [-0.15, -0.1) is 0 Å². The van der Waals surface area contributed by atoms with Crippen molar-refractivity contribution in [2.45, 2.75) is 31.6 Å². The molecule has 4 rings (SSSR count). The molecule has 0 spiro atoms. The van der Waals surface area contributed by atoms with E-state index in [4.69, 9.17) is 9.73 Å². The van der Waals surface area contributed by atoms with E-state index in [0.717, 1.165) is 18.7 Å². The standard InChI is InChI=1S/C18H19NOS/c1-12-9-13-3-7-19-17(15(13)10-16(12)20-2)18(5-6-18)14-4-8-21-11-14/h4,8-11H,3,5-7H2,1-2H3. The maximum Gasteiger partial charge on any atom is 0.122 e. The minimum absolute atomic E-state index is 0.176. The van der Waals surface area contributed by atoms with Crippen molar-refractivity contribution in [2.24, 2.45) is 4.99 Å². The highest BCUT2D eigenvalue weighted by atomic mass is 32.1. The molecule has 0 bridgehead atoms. The van der Waals surface area contributed by atoms with Gasteiger partial charge in [-0.2, -0.15) is 11.3 Å². The molecule has 0 N–H and O–H groups in total. The molecule has 0 atom stereocenters. The summed E-state index contributed by atoms with van der Waals surface area (Å²) in [6, 6.07) is 6.75. The number of thiophene rings is 1. The van der Waals surface area contributed by atoms with Gasteiger partial charge in [-0.25, -0.2) is 0 Å². The monoisotopic (exact) mass is 297 g/mol. The van der Waals surface area contributed by atoms with E-state index in [1.807, 2.05) is 0 Å². The van der Waals surface area contributed by atoms with Crippen LogP contribution in [-0.2, 0) is 11.8 Å². The van der Waals surface area contributed by atoms with Gasteiger partial charge in [0.05, 0.1) is 12.8 Å². The summed E-state index contributed by atoms with van der Waals surface area (Å²) in [7, 11) is 1.75. The predicted molar refractivity (Wildman–Crippen MR) is 88.1 cm³/mol. The Morgan fingerprint density at radius 3 is 2.81 bits per heavy atom. The molecule has 2 heterocycles. The molecule has 0 amide bonds. The van der Waals surface area contributed by atoms with Crippen LogP contribution in [0, 0.1) is 6.92 Å². The Balaban J connectivity index is 1.85. The third-order valence-corrected chi connectivity index (χ3v) is 5.49. The van der Waals surface area contributed by atoms with Crippen molar-refractivity contribution >= 4 is 17.0 Å². The lowest BCUT2D eigenvalue weighted by molar-refractivity contribution is 0.411. The van der Waals surface area contributed by atoms with Crippen LogP contribution in [0.4, 0.5) is 0 Å². The Labute approximate surface area is 129 Å². The van der Waals surface area contributed by atoms with Crippen molar-refractivity contribution < 1.29 is 4.74 Å². The molecule has 1 aromatic carbocycles. The Bertz CT molecular complexity index is 711. The molecule has 1 saturated carbocycles. The second kappa shape index (κ2) is 4.70. The second-order valence-electron chi connectivity index (χ2n) is 6.05. The first-order valence-electron chi connectivity index (χ1n) is 7.50. The fourth-order valence-electron chi connectivity index (χ4n) is 3.50. The summed E-state index contributed by atoms with van der Waals surface area (Å²) < 4.78 is 5.53. The van der Waals surface area contributed by atoms with Crippen molar-refractivity contribution in [3.05, 3.63) is 51.2 Å². The van der Waals surface area contributed by atoms with Crippen molar-refractivity contribution in [3.8, 4) is 5.75 Å². The van der Waals surface area contributed by atoms with E-state index in [1.54, 1.807) is 18.4 Å². The third-order valence-electron chi connectivity index (χ3n) is 4.80. The number of rotatable bonds is 3. The SMILES string of the molecule is COc1cc2c(cc1C)CCN=C2C1(c2ccsc2)CC1. The zero-order chi connectivity index (χ0) is 14.4. The average Bonchev–Trinajstić information content (AvgIpc) is 3.11. The maximum absolute atomic E-state index is 5.53. The Morgan fingerprint density at radius 1 is 1.29 bits per heavy atom. The topological polar surface area (TPSA) is 21.6 Å². The van der Waals surface area contributed by atoms with Crippen molar-refractivity contribution in [1.29, 1.82) is 0 Å². The fourth-order valence-corrected chi connectivity index (χ4v) is 4.26. The molecule has 0 radical (unpaired) electrons. The molecule has 0 unspecified atom stereocenters. The van der Waals surface area contributed by atoms with Crippen LogP contribution in [0.3, 0.4) is 0 Å². The molecule has 2 aliphatic rings. The largest absolute Gasteiger partial charge is 0.496 e. The number of methoxy groups -OCH3 is 1. The highest BCUT2D eigenvalue weighted by Crippen LogP contribution is 2.52. The lowest BCUT2D eigenvalue weighted by atomic mass is 9.83. The van der Waals surface area contributed by atoms with E-state index in [2.05, 4.69) is 35.9 Å². The molecule has 3 heteroatoms. The molecule has 21 heavy (non-hydrogen) atoms. The van der Waals surface area contributed by atoms with Gasteiger partial charge >= 0.3 is 0 Å². The molecule has 2 nitrogen and oxygen atoms in total. The smallest absolute Gasteiger partial charge is 0.122 e. The van der Waals surface area contributed by atoms with E-state index in [-0.39, 0.29) is 5.41 Å². The fraction of sp³-hybridized carbons (Fsp3) is 0.389. The first-order valence-corrected chi connectivity index (χ1v) is 8.44. The van der Waals surface area contributed by atoms with Crippen molar-refractivity contribution in [1.82, 2.24) is 0 Å². The van der Waals surface area contributed by atoms with Gasteiger partial charge in [-0.05, 0) is 65.8 Å². The zero-order valence-corrected chi connectivity index (χ0v) is 13.3. The van der Waals surface area contributed by atoms with Crippen LogP contribution in [0.1, 0.15) is 35.1 Å². The molecular weight excluding hydrogens is 278 g/mol. The number of nitrogens with zero attached hydrogens (tertiary/aromatic N) is 1. The van der Waals surface area contributed by atoms with Crippen molar-refractivity contribution in [3.63, 3.8) is 0 Å². The zero-order valence-electron chi connectivity index (χ0n) is 12.5. The lowest BCUT2D eigenvalue weighted by Gasteiger charge is -2.25. The summed E-state index contributed by atoms with van der Waals surface area (Å²) in [6.45, 7) is 3.04. The number of ether oxygens (including phenoxy) is 1. The van der Waals surface area contributed by atoms with E-state index in [1.165, 1.54) is 40.8 Å². The van der Waals surface area contributed by atoms with Gasteiger partial charge in [0.25, 0.3) is 0 Å². The Kier molecular flexibility index (Phi) is 2.93. The molecule has 1 aliphatic carbocycles. The third kappa shape index (κ3) is 1.95. The number of aryl methyl sites for hydroxylation is 1. The van der Waals surface area contributed by atoms with Gasteiger partial charge < -0.3 is 4.74 Å². The van der Waals surface area contributed by atoms with Gasteiger partial charge in [0.2, 0.25) is 0 Å². The molecule has 1 aromatic heterocycles. The number of fused-ring (bicyclic) bond motifs is 1. The van der Waals surface area contributed by atoms with Crippen LogP contribution in [0.5, 0.6) is 5.75 Å². The second-order valence-corrected chi connectivity index (χ2v) is 6.83. The van der Waals surface area contributed by atoms with Gasteiger partial charge in [0, 0.05) is 17.5 Å². The van der Waals surface area contributed by atoms with Crippen LogP contribution < -0.4 is 4.74 Å². The molecule has 108 valence electrons. The van der Waals surface area contributed by atoms with Crippen LogP contribution in [0.25, 0.3) is 0 Å². The molecular formula is C18H19NOS. The van der Waals surface area contributed by atoms with Gasteiger partial charge in [0.15, 0.2) is 0 Å². The summed E-state index contributed by atoms with van der Waals surface area (Å²) in [5.41, 5.74) is 6.87. The van der Waals surface area contributed by atoms with E-state index >= 15 is 0 Å². The summed E-state index contributed by atoms with van der Waals surface area (Å²) in [4.78, 5) is 4.93. The van der Waals surface area contributed by atoms with Gasteiger partial charge in [-0.1, -0.05) is 6.07 Å². The average molecular weight is 297 g/mol. The minimum atomic E-state index is 0.176. The quantitative estimate of drug-likeness (QED) is 0.834.